The summed E-state index contributed by atoms with van der Waals surface area (Å²) in [5.41, 5.74) is 0.327. The summed E-state index contributed by atoms with van der Waals surface area (Å²) in [4.78, 5) is 42.7. The van der Waals surface area contributed by atoms with E-state index in [-0.39, 0.29) is 61.3 Å². The molecule has 3 atom stereocenters. The lowest BCUT2D eigenvalue weighted by Gasteiger charge is -2.40. The SMILES string of the molecule is C[C@H]1C(=O)N(C[C@@H](O)CC(=O)N2CCC3(CC3)[C@H](O)C2)CCN1C(=O)Cc1ccc(OC(F)(F)F)c(Cl)c1. The van der Waals surface area contributed by atoms with Gasteiger partial charge in [0.2, 0.25) is 17.7 Å². The van der Waals surface area contributed by atoms with Crippen molar-refractivity contribution < 1.29 is 42.5 Å². The van der Waals surface area contributed by atoms with Gasteiger partial charge < -0.3 is 29.6 Å². The van der Waals surface area contributed by atoms with Gasteiger partial charge in [0.25, 0.3) is 0 Å². The molecule has 2 saturated heterocycles. The lowest BCUT2D eigenvalue weighted by atomic mass is 9.90. The number of aliphatic hydroxyl groups is 2. The molecule has 1 saturated carbocycles. The molecular formula is C25H31ClF3N3O6. The van der Waals surface area contributed by atoms with E-state index in [1.54, 1.807) is 11.8 Å². The first kappa shape index (κ1) is 28.4. The van der Waals surface area contributed by atoms with Gasteiger partial charge in [0, 0.05) is 32.7 Å². The minimum atomic E-state index is -4.90. The Morgan fingerprint density at radius 2 is 1.89 bits per heavy atom. The summed E-state index contributed by atoms with van der Waals surface area (Å²) < 4.78 is 41.1. The average Bonchev–Trinajstić information content (AvgIpc) is 3.60. The molecule has 0 radical (unpaired) electrons. The predicted molar refractivity (Wildman–Crippen MR) is 129 cm³/mol. The predicted octanol–water partition coefficient (Wildman–Crippen LogP) is 1.96. The fraction of sp³-hybridized carbons (Fsp3) is 0.640. The molecular weight excluding hydrogens is 531 g/mol. The molecule has 1 spiro atoms. The summed E-state index contributed by atoms with van der Waals surface area (Å²) in [7, 11) is 0. The van der Waals surface area contributed by atoms with Crippen LogP contribution in [0.4, 0.5) is 13.2 Å². The van der Waals surface area contributed by atoms with Crippen LogP contribution in [0.15, 0.2) is 18.2 Å². The lowest BCUT2D eigenvalue weighted by Crippen LogP contribution is -2.59. The first-order valence-corrected chi connectivity index (χ1v) is 12.9. The number of hydrogen-bond acceptors (Lipinski definition) is 6. The Kier molecular flexibility index (Phi) is 8.15. The van der Waals surface area contributed by atoms with Crippen molar-refractivity contribution in [2.24, 2.45) is 5.41 Å². The summed E-state index contributed by atoms with van der Waals surface area (Å²) in [6, 6.07) is 2.71. The second-order valence-corrected chi connectivity index (χ2v) is 10.8. The number of piperazine rings is 1. The number of nitrogens with zero attached hydrogens (tertiary/aromatic N) is 3. The Hall–Kier alpha value is -2.57. The van der Waals surface area contributed by atoms with E-state index in [0.29, 0.717) is 12.1 Å². The zero-order chi connectivity index (χ0) is 27.8. The molecule has 4 rings (SSSR count). The number of ether oxygens (including phenoxy) is 1. The molecule has 1 aromatic rings. The Balaban J connectivity index is 1.26. The minimum absolute atomic E-state index is 0.0354. The van der Waals surface area contributed by atoms with Crippen molar-refractivity contribution in [1.29, 1.82) is 0 Å². The van der Waals surface area contributed by atoms with Gasteiger partial charge in [0.05, 0.1) is 30.1 Å². The summed E-state index contributed by atoms with van der Waals surface area (Å²) >= 11 is 5.86. The molecule has 1 aliphatic carbocycles. The lowest BCUT2D eigenvalue weighted by molar-refractivity contribution is -0.274. The third-order valence-electron chi connectivity index (χ3n) is 7.71. The van der Waals surface area contributed by atoms with Crippen LogP contribution in [0.5, 0.6) is 5.75 Å². The maximum absolute atomic E-state index is 12.9. The zero-order valence-corrected chi connectivity index (χ0v) is 21.7. The van der Waals surface area contributed by atoms with Gasteiger partial charge in [-0.1, -0.05) is 17.7 Å². The number of alkyl halides is 3. The Labute approximate surface area is 223 Å². The highest BCUT2D eigenvalue weighted by molar-refractivity contribution is 6.32. The van der Waals surface area contributed by atoms with E-state index in [9.17, 15) is 37.8 Å². The van der Waals surface area contributed by atoms with E-state index < -0.39 is 36.3 Å². The van der Waals surface area contributed by atoms with Crippen LogP contribution in [0.1, 0.15) is 38.2 Å². The maximum Gasteiger partial charge on any atom is 0.573 e. The van der Waals surface area contributed by atoms with Gasteiger partial charge in [-0.25, -0.2) is 0 Å². The number of β-amino-alcohol motifs (C(OH)–C–C–N with tert-alkyl or cyclic N) is 2. The van der Waals surface area contributed by atoms with Crippen molar-refractivity contribution in [3.63, 3.8) is 0 Å². The summed E-state index contributed by atoms with van der Waals surface area (Å²) in [5, 5.41) is 20.5. The standard InChI is InChI=1S/C25H31ClF3N3O6/c1-15-23(37)31(13-17(33)12-21(35)30-7-6-24(4-5-24)20(34)14-30)8-9-32(15)22(36)11-16-2-3-19(18(26)10-16)38-25(27,28)29/h2-3,10,15,17,20,33-34H,4-9,11-14H2,1H3/t15-,17-,20+/m0/s1. The van der Waals surface area contributed by atoms with Gasteiger partial charge in [-0.05, 0) is 49.3 Å². The number of halogens is 4. The highest BCUT2D eigenvalue weighted by Gasteiger charge is 2.51. The number of amides is 3. The summed E-state index contributed by atoms with van der Waals surface area (Å²) in [5.74, 6) is -1.63. The van der Waals surface area contributed by atoms with Crippen LogP contribution in [0.2, 0.25) is 5.02 Å². The molecule has 3 amide bonds. The third kappa shape index (κ3) is 6.52. The molecule has 2 N–H and O–H groups in total. The van der Waals surface area contributed by atoms with Gasteiger partial charge in [0.1, 0.15) is 11.8 Å². The van der Waals surface area contributed by atoms with Crippen LogP contribution < -0.4 is 4.74 Å². The smallest absolute Gasteiger partial charge is 0.404 e. The Bertz CT molecular complexity index is 1080. The van der Waals surface area contributed by atoms with Crippen LogP contribution in [-0.2, 0) is 20.8 Å². The van der Waals surface area contributed by atoms with Gasteiger partial charge >= 0.3 is 6.36 Å². The molecule has 2 heterocycles. The first-order chi connectivity index (χ1) is 17.8. The van der Waals surface area contributed by atoms with Gasteiger partial charge in [-0.2, -0.15) is 0 Å². The summed E-state index contributed by atoms with van der Waals surface area (Å²) in [6.07, 6.45) is -4.18. The molecule has 0 aromatic heterocycles. The van der Waals surface area contributed by atoms with E-state index in [4.69, 9.17) is 11.6 Å². The van der Waals surface area contributed by atoms with Crippen LogP contribution in [-0.4, -0.2) is 100.0 Å². The quantitative estimate of drug-likeness (QED) is 0.527. The number of piperidine rings is 1. The molecule has 210 valence electrons. The molecule has 3 fully saturated rings. The van der Waals surface area contributed by atoms with Crippen LogP contribution >= 0.6 is 11.6 Å². The fourth-order valence-electron chi connectivity index (χ4n) is 5.23. The van der Waals surface area contributed by atoms with E-state index in [1.165, 1.54) is 21.9 Å². The largest absolute Gasteiger partial charge is 0.573 e. The molecule has 3 aliphatic rings. The van der Waals surface area contributed by atoms with Gasteiger partial charge in [0.15, 0.2) is 0 Å². The Morgan fingerprint density at radius 3 is 2.50 bits per heavy atom. The molecule has 9 nitrogen and oxygen atoms in total. The normalized spacial score (nSPS) is 24.0. The van der Waals surface area contributed by atoms with Crippen LogP contribution in [0.3, 0.4) is 0 Å². The minimum Gasteiger partial charge on any atom is -0.404 e. The highest BCUT2D eigenvalue weighted by atomic mass is 35.5. The molecule has 1 aromatic carbocycles. The fourth-order valence-corrected chi connectivity index (χ4v) is 5.47. The molecule has 38 heavy (non-hydrogen) atoms. The van der Waals surface area contributed by atoms with Crippen LogP contribution in [0.25, 0.3) is 0 Å². The summed E-state index contributed by atoms with van der Waals surface area (Å²) in [6.45, 7) is 2.64. The Morgan fingerprint density at radius 1 is 1.18 bits per heavy atom. The molecule has 0 bridgehead atoms. The van der Waals surface area contributed by atoms with Crippen molar-refractivity contribution >= 4 is 29.3 Å². The zero-order valence-electron chi connectivity index (χ0n) is 20.9. The van der Waals surface area contributed by atoms with Crippen molar-refractivity contribution in [3.8, 4) is 5.75 Å². The van der Waals surface area contributed by atoms with Crippen molar-refractivity contribution in [1.82, 2.24) is 14.7 Å². The number of likely N-dealkylation sites (tertiary alicyclic amines) is 1. The van der Waals surface area contributed by atoms with Crippen molar-refractivity contribution in [3.05, 3.63) is 28.8 Å². The number of aliphatic hydroxyl groups excluding tert-OH is 2. The van der Waals surface area contributed by atoms with Crippen molar-refractivity contribution in [2.45, 2.75) is 63.6 Å². The highest BCUT2D eigenvalue weighted by Crippen LogP contribution is 2.53. The number of hydrogen-bond donors (Lipinski definition) is 2. The van der Waals surface area contributed by atoms with E-state index in [0.717, 1.165) is 25.3 Å². The average molecular weight is 562 g/mol. The van der Waals surface area contributed by atoms with Gasteiger partial charge in [-0.3, -0.25) is 14.4 Å². The third-order valence-corrected chi connectivity index (χ3v) is 8.01. The van der Waals surface area contributed by atoms with Crippen LogP contribution in [0, 0.1) is 5.41 Å². The van der Waals surface area contributed by atoms with Gasteiger partial charge in [-0.15, -0.1) is 13.2 Å². The number of benzene rings is 1. The number of carbonyl (C=O) groups excluding carboxylic acids is 3. The topological polar surface area (TPSA) is 111 Å². The second kappa shape index (κ2) is 10.9. The molecule has 2 aliphatic heterocycles. The number of rotatable bonds is 7. The van der Waals surface area contributed by atoms with E-state index in [1.807, 2.05) is 0 Å². The van der Waals surface area contributed by atoms with Crippen molar-refractivity contribution in [2.75, 3.05) is 32.7 Å². The maximum atomic E-state index is 12.9. The number of carbonyl (C=O) groups is 3. The molecule has 13 heteroatoms. The first-order valence-electron chi connectivity index (χ1n) is 12.5. The molecule has 0 unspecified atom stereocenters. The second-order valence-electron chi connectivity index (χ2n) is 10.4. The van der Waals surface area contributed by atoms with E-state index in [2.05, 4.69) is 4.74 Å². The van der Waals surface area contributed by atoms with E-state index >= 15 is 0 Å². The monoisotopic (exact) mass is 561 g/mol.